The van der Waals surface area contributed by atoms with Gasteiger partial charge in [0.1, 0.15) is 23.5 Å². The lowest BCUT2D eigenvalue weighted by Gasteiger charge is -2.46. The molecular formula is C35H41NO12. The van der Waals surface area contributed by atoms with E-state index in [9.17, 15) is 34.5 Å². The summed E-state index contributed by atoms with van der Waals surface area (Å²) in [5.74, 6) is -4.44. The second-order valence-electron chi connectivity index (χ2n) is 13.2. The van der Waals surface area contributed by atoms with E-state index >= 15 is 0 Å². The van der Waals surface area contributed by atoms with Crippen LogP contribution in [0.5, 0.6) is 11.5 Å². The van der Waals surface area contributed by atoms with Gasteiger partial charge in [-0.3, -0.25) is 19.2 Å². The Labute approximate surface area is 277 Å². The van der Waals surface area contributed by atoms with Gasteiger partial charge in [-0.2, -0.15) is 0 Å². The van der Waals surface area contributed by atoms with Gasteiger partial charge in [0, 0.05) is 48.4 Å². The Balaban J connectivity index is 1.36. The molecule has 0 spiro atoms. The van der Waals surface area contributed by atoms with Crippen molar-refractivity contribution in [3.05, 3.63) is 57.6 Å². The van der Waals surface area contributed by atoms with Crippen LogP contribution in [0, 0.1) is 0 Å². The molecule has 2 fully saturated rings. The van der Waals surface area contributed by atoms with Crippen molar-refractivity contribution in [1.82, 2.24) is 4.90 Å². The van der Waals surface area contributed by atoms with Gasteiger partial charge < -0.3 is 43.9 Å². The summed E-state index contributed by atoms with van der Waals surface area (Å²) in [5, 5.41) is 34.3. The summed E-state index contributed by atoms with van der Waals surface area (Å²) in [7, 11) is 4.95. The molecule has 6 rings (SSSR count). The van der Waals surface area contributed by atoms with Crippen LogP contribution in [0.15, 0.2) is 24.3 Å². The van der Waals surface area contributed by atoms with Gasteiger partial charge in [0.05, 0.1) is 42.7 Å². The lowest BCUT2D eigenvalue weighted by Crippen LogP contribution is -2.53. The van der Waals surface area contributed by atoms with E-state index in [4.69, 9.17) is 23.7 Å². The Kier molecular flexibility index (Phi) is 9.22. The van der Waals surface area contributed by atoms with Crippen molar-refractivity contribution in [3.8, 4) is 11.5 Å². The zero-order valence-electron chi connectivity index (χ0n) is 27.6. The fourth-order valence-electron chi connectivity index (χ4n) is 7.50. The summed E-state index contributed by atoms with van der Waals surface area (Å²) in [6.45, 7) is 3.51. The summed E-state index contributed by atoms with van der Waals surface area (Å²) in [6, 6.07) is 5.25. The third-order valence-corrected chi connectivity index (χ3v) is 10.2. The van der Waals surface area contributed by atoms with E-state index in [1.165, 1.54) is 31.4 Å². The van der Waals surface area contributed by atoms with Gasteiger partial charge in [0.15, 0.2) is 24.1 Å². The molecule has 2 aromatic rings. The van der Waals surface area contributed by atoms with Crippen molar-refractivity contribution in [1.29, 1.82) is 0 Å². The average Bonchev–Trinajstić information content (AvgIpc) is 3.05. The van der Waals surface area contributed by atoms with Gasteiger partial charge in [-0.1, -0.05) is 19.1 Å². The normalized spacial score (nSPS) is 31.6. The van der Waals surface area contributed by atoms with Crippen LogP contribution in [0.1, 0.15) is 101 Å². The minimum Gasteiger partial charge on any atom is -0.507 e. The van der Waals surface area contributed by atoms with Gasteiger partial charge in [0.2, 0.25) is 5.78 Å². The van der Waals surface area contributed by atoms with Crippen molar-refractivity contribution < 1.29 is 58.2 Å². The number of hydrogen-bond donors (Lipinski definition) is 3. The van der Waals surface area contributed by atoms with E-state index in [0.717, 1.165) is 0 Å². The lowest BCUT2D eigenvalue weighted by atomic mass is 9.67. The monoisotopic (exact) mass is 667 g/mol. The smallest absolute Gasteiger partial charge is 0.316 e. The fourth-order valence-corrected chi connectivity index (χ4v) is 7.50. The third kappa shape index (κ3) is 5.71. The van der Waals surface area contributed by atoms with Crippen LogP contribution in [0.25, 0.3) is 0 Å². The molecule has 0 aromatic heterocycles. The van der Waals surface area contributed by atoms with Crippen molar-refractivity contribution >= 4 is 23.3 Å². The SMILES string of the molecule is CC[C@@]1(O)CC(OC2CC(N(C)C)C(OC3CCC(=O)C(C)O3)CO2)c2c(cc3c(c2O)C(=O)c2c(O)cccc2C3=O)[C@H]1C(=O)OC. The minimum atomic E-state index is -1.71. The van der Waals surface area contributed by atoms with Crippen LogP contribution >= 0.6 is 0 Å². The highest BCUT2D eigenvalue weighted by Crippen LogP contribution is 2.54. The second-order valence-corrected chi connectivity index (χ2v) is 13.2. The average molecular weight is 668 g/mol. The van der Waals surface area contributed by atoms with E-state index in [0.29, 0.717) is 19.3 Å². The molecule has 13 heteroatoms. The molecule has 0 saturated carbocycles. The second kappa shape index (κ2) is 13.0. The highest BCUT2D eigenvalue weighted by molar-refractivity contribution is 6.30. The van der Waals surface area contributed by atoms with E-state index in [1.54, 1.807) is 13.8 Å². The molecule has 6 unspecified atom stereocenters. The number of ether oxygens (including phenoxy) is 5. The van der Waals surface area contributed by atoms with Crippen LogP contribution in [0.2, 0.25) is 0 Å². The maximum absolute atomic E-state index is 13.8. The van der Waals surface area contributed by atoms with Crippen molar-refractivity contribution in [2.24, 2.45) is 0 Å². The number of aromatic hydroxyl groups is 2. The molecule has 0 radical (unpaired) electrons. The summed E-state index contributed by atoms with van der Waals surface area (Å²) >= 11 is 0. The molecule has 48 heavy (non-hydrogen) atoms. The van der Waals surface area contributed by atoms with E-state index < -0.39 is 71.4 Å². The molecule has 13 nitrogen and oxygen atoms in total. The number of nitrogens with zero attached hydrogens (tertiary/aromatic N) is 1. The highest BCUT2D eigenvalue weighted by atomic mass is 16.7. The van der Waals surface area contributed by atoms with E-state index in [1.807, 2.05) is 19.0 Å². The first-order valence-corrected chi connectivity index (χ1v) is 16.2. The van der Waals surface area contributed by atoms with Crippen molar-refractivity contribution in [3.63, 3.8) is 0 Å². The van der Waals surface area contributed by atoms with Crippen LogP contribution in [0.3, 0.4) is 0 Å². The topological polar surface area (TPSA) is 178 Å². The number of aliphatic hydroxyl groups is 1. The Morgan fingerprint density at radius 3 is 2.48 bits per heavy atom. The number of methoxy groups -OCH3 is 1. The number of esters is 1. The molecule has 2 aliphatic heterocycles. The first kappa shape index (κ1) is 34.2. The minimum absolute atomic E-state index is 0.0261. The van der Waals surface area contributed by atoms with E-state index in [-0.39, 0.29) is 64.7 Å². The molecule has 8 atom stereocenters. The van der Waals surface area contributed by atoms with Crippen LogP contribution in [0.4, 0.5) is 0 Å². The highest BCUT2D eigenvalue weighted by Gasteiger charge is 2.53. The first-order valence-electron chi connectivity index (χ1n) is 16.2. The van der Waals surface area contributed by atoms with Crippen molar-refractivity contribution in [2.75, 3.05) is 27.8 Å². The predicted molar refractivity (Wildman–Crippen MR) is 167 cm³/mol. The Morgan fingerprint density at radius 2 is 1.81 bits per heavy atom. The van der Waals surface area contributed by atoms with Gasteiger partial charge in [0.25, 0.3) is 0 Å². The molecule has 258 valence electrons. The fraction of sp³-hybridized carbons (Fsp3) is 0.543. The maximum atomic E-state index is 13.8. The molecule has 2 aromatic carbocycles. The summed E-state index contributed by atoms with van der Waals surface area (Å²) < 4.78 is 29.7. The number of phenolic OH excluding ortho intramolecular Hbond substituents is 2. The number of carbonyl (C=O) groups is 4. The molecule has 2 saturated heterocycles. The number of Topliss-reactive ketones (excluding diaryl/α,β-unsaturated/α-hetero) is 1. The van der Waals surface area contributed by atoms with Crippen molar-refractivity contribution in [2.45, 2.75) is 94.4 Å². The molecule has 2 heterocycles. The number of phenols is 2. The van der Waals surface area contributed by atoms with Gasteiger partial charge >= 0.3 is 5.97 Å². The van der Waals surface area contributed by atoms with Crippen LogP contribution < -0.4 is 0 Å². The number of rotatable bonds is 7. The first-order chi connectivity index (χ1) is 22.8. The van der Waals surface area contributed by atoms with Gasteiger partial charge in [-0.25, -0.2) is 0 Å². The van der Waals surface area contributed by atoms with Crippen LogP contribution in [-0.4, -0.2) is 108 Å². The standard InChI is InChI=1S/C35H41NO12/c1-6-35(43)14-23(47-26-13-20(36(3)4)24(15-45-26)48-25-11-10-21(37)16(2)46-25)28-18(30(35)34(42)44-5)12-19-29(33(28)41)32(40)27-17(31(19)39)8-7-9-22(27)38/h7-9,12,16,20,23-26,30,38,41,43H,6,10-11,13-15H2,1-5H3/t16?,20?,23?,24?,25?,26?,30-,35+/m0/s1. The number of ketones is 3. The Hall–Kier alpha value is -3.72. The number of carbonyl (C=O) groups excluding carboxylic acids is 4. The Bertz CT molecular complexity index is 1650. The molecule has 0 bridgehead atoms. The molecular weight excluding hydrogens is 626 g/mol. The summed E-state index contributed by atoms with van der Waals surface area (Å²) in [6.07, 6.45) is -2.46. The zero-order valence-corrected chi connectivity index (χ0v) is 27.6. The number of hydrogen-bond acceptors (Lipinski definition) is 13. The quantitative estimate of drug-likeness (QED) is 0.314. The molecule has 4 aliphatic rings. The molecule has 0 amide bonds. The predicted octanol–water partition coefficient (Wildman–Crippen LogP) is 2.89. The zero-order chi connectivity index (χ0) is 34.7. The molecule has 2 aliphatic carbocycles. The third-order valence-electron chi connectivity index (χ3n) is 10.2. The maximum Gasteiger partial charge on any atom is 0.316 e. The van der Waals surface area contributed by atoms with Gasteiger partial charge in [-0.15, -0.1) is 0 Å². The number of benzene rings is 2. The Morgan fingerprint density at radius 1 is 1.06 bits per heavy atom. The van der Waals surface area contributed by atoms with E-state index in [2.05, 4.69) is 0 Å². The summed E-state index contributed by atoms with van der Waals surface area (Å²) in [5.41, 5.74) is -2.32. The van der Waals surface area contributed by atoms with Crippen LogP contribution in [-0.2, 0) is 33.3 Å². The number of fused-ring (bicyclic) bond motifs is 3. The molecule has 3 N–H and O–H groups in total. The van der Waals surface area contributed by atoms with Gasteiger partial charge in [-0.05, 0) is 45.1 Å². The largest absolute Gasteiger partial charge is 0.507 e. The summed E-state index contributed by atoms with van der Waals surface area (Å²) in [4.78, 5) is 54.6. The number of likely N-dealkylation sites (N-methyl/N-ethyl adjacent to an activating group) is 1. The lowest BCUT2D eigenvalue weighted by molar-refractivity contribution is -0.273.